The smallest absolute Gasteiger partial charge is 0.492 e. The fraction of sp³-hybridized carbons (Fsp3) is 0.571. The summed E-state index contributed by atoms with van der Waals surface area (Å²) in [5, 5.41) is 0. The molecule has 0 bridgehead atoms. The molecule has 1 rings (SSSR count). The summed E-state index contributed by atoms with van der Waals surface area (Å²) in [5.74, 6) is 0.0562. The standard InChI is InChI=1S/C14H19BrF3NO2/c1-3-19(4-2)8-5-9-20-13-10-11(6-7-12(13)15)21-14(16,17)18/h6-7,10H,3-5,8-9H2,1-2H3. The third kappa shape index (κ3) is 7.04. The van der Waals surface area contributed by atoms with Gasteiger partial charge in [0.1, 0.15) is 11.5 Å². The van der Waals surface area contributed by atoms with E-state index in [2.05, 4.69) is 39.4 Å². The molecule has 0 radical (unpaired) electrons. The Hall–Kier alpha value is -0.950. The van der Waals surface area contributed by atoms with E-state index >= 15 is 0 Å². The van der Waals surface area contributed by atoms with Crippen LogP contribution in [0.25, 0.3) is 0 Å². The van der Waals surface area contributed by atoms with E-state index in [9.17, 15) is 13.2 Å². The maximum atomic E-state index is 12.2. The predicted molar refractivity (Wildman–Crippen MR) is 78.7 cm³/mol. The molecular formula is C14H19BrF3NO2. The van der Waals surface area contributed by atoms with Gasteiger partial charge >= 0.3 is 6.36 Å². The molecule has 0 aliphatic rings. The highest BCUT2D eigenvalue weighted by Crippen LogP contribution is 2.32. The van der Waals surface area contributed by atoms with Gasteiger partial charge in [-0.25, -0.2) is 0 Å². The average molecular weight is 370 g/mol. The average Bonchev–Trinajstić information content (AvgIpc) is 2.40. The Kier molecular flexibility index (Phi) is 7.31. The van der Waals surface area contributed by atoms with Crippen LogP contribution in [0.4, 0.5) is 13.2 Å². The summed E-state index contributed by atoms with van der Waals surface area (Å²) in [4.78, 5) is 2.25. The normalized spacial score (nSPS) is 11.8. The van der Waals surface area contributed by atoms with Crippen molar-refractivity contribution < 1.29 is 22.6 Å². The third-order valence-corrected chi connectivity index (χ3v) is 3.56. The SMILES string of the molecule is CCN(CC)CCCOc1cc(OC(F)(F)F)ccc1Br. The van der Waals surface area contributed by atoms with Crippen LogP contribution in [0.2, 0.25) is 0 Å². The van der Waals surface area contributed by atoms with Crippen molar-refractivity contribution >= 4 is 15.9 Å². The van der Waals surface area contributed by atoms with Crippen LogP contribution in [0.1, 0.15) is 20.3 Å². The van der Waals surface area contributed by atoms with Crippen molar-refractivity contribution in [1.29, 1.82) is 0 Å². The molecule has 1 aromatic rings. The highest BCUT2D eigenvalue weighted by Gasteiger charge is 2.31. The fourth-order valence-corrected chi connectivity index (χ4v) is 2.16. The van der Waals surface area contributed by atoms with Gasteiger partial charge in [-0.1, -0.05) is 13.8 Å². The lowest BCUT2D eigenvalue weighted by Crippen LogP contribution is -2.25. The van der Waals surface area contributed by atoms with E-state index in [1.54, 1.807) is 0 Å². The van der Waals surface area contributed by atoms with Crippen molar-refractivity contribution in [3.63, 3.8) is 0 Å². The maximum Gasteiger partial charge on any atom is 0.573 e. The molecule has 0 aliphatic carbocycles. The van der Waals surface area contributed by atoms with Gasteiger partial charge in [0.2, 0.25) is 0 Å². The van der Waals surface area contributed by atoms with Gasteiger partial charge in [-0.3, -0.25) is 0 Å². The van der Waals surface area contributed by atoms with Crippen molar-refractivity contribution in [1.82, 2.24) is 4.90 Å². The number of halogens is 4. The van der Waals surface area contributed by atoms with Crippen LogP contribution in [-0.2, 0) is 0 Å². The lowest BCUT2D eigenvalue weighted by atomic mass is 10.3. The van der Waals surface area contributed by atoms with E-state index in [-0.39, 0.29) is 5.75 Å². The molecule has 0 saturated carbocycles. The minimum Gasteiger partial charge on any atom is -0.492 e. The van der Waals surface area contributed by atoms with E-state index in [1.165, 1.54) is 18.2 Å². The summed E-state index contributed by atoms with van der Waals surface area (Å²) in [7, 11) is 0. The number of benzene rings is 1. The number of hydrogen-bond donors (Lipinski definition) is 0. The molecule has 0 fully saturated rings. The molecule has 0 amide bonds. The predicted octanol–water partition coefficient (Wildman–Crippen LogP) is 4.46. The molecule has 0 aromatic heterocycles. The fourth-order valence-electron chi connectivity index (χ4n) is 1.80. The summed E-state index contributed by atoms with van der Waals surface area (Å²) in [6, 6.07) is 3.94. The zero-order valence-electron chi connectivity index (χ0n) is 12.0. The molecule has 1 aromatic carbocycles. The Balaban J connectivity index is 2.52. The maximum absolute atomic E-state index is 12.2. The van der Waals surface area contributed by atoms with Gasteiger partial charge in [-0.05, 0) is 47.6 Å². The lowest BCUT2D eigenvalue weighted by Gasteiger charge is -2.18. The van der Waals surface area contributed by atoms with Crippen LogP contribution in [0.15, 0.2) is 22.7 Å². The molecule has 0 atom stereocenters. The second-order valence-electron chi connectivity index (χ2n) is 4.37. The number of nitrogens with zero attached hydrogens (tertiary/aromatic N) is 1. The zero-order chi connectivity index (χ0) is 15.9. The van der Waals surface area contributed by atoms with E-state index in [0.717, 1.165) is 26.1 Å². The Bertz CT molecular complexity index is 437. The van der Waals surface area contributed by atoms with Crippen LogP contribution in [0.5, 0.6) is 11.5 Å². The van der Waals surface area contributed by atoms with Gasteiger partial charge in [-0.15, -0.1) is 13.2 Å². The molecule has 0 N–H and O–H groups in total. The van der Waals surface area contributed by atoms with E-state index in [1.807, 2.05) is 0 Å². The van der Waals surface area contributed by atoms with Crippen molar-refractivity contribution in [2.24, 2.45) is 0 Å². The van der Waals surface area contributed by atoms with Crippen molar-refractivity contribution in [2.75, 3.05) is 26.2 Å². The van der Waals surface area contributed by atoms with Crippen molar-refractivity contribution in [3.05, 3.63) is 22.7 Å². The summed E-state index contributed by atoms with van der Waals surface area (Å²) >= 11 is 3.25. The van der Waals surface area contributed by atoms with Crippen LogP contribution in [0, 0.1) is 0 Å². The molecule has 0 heterocycles. The first kappa shape index (κ1) is 18.1. The minimum atomic E-state index is -4.70. The highest BCUT2D eigenvalue weighted by atomic mass is 79.9. The Morgan fingerprint density at radius 2 is 1.86 bits per heavy atom. The molecule has 0 unspecified atom stereocenters. The van der Waals surface area contributed by atoms with Crippen molar-refractivity contribution in [3.8, 4) is 11.5 Å². The van der Waals surface area contributed by atoms with Crippen molar-refractivity contribution in [2.45, 2.75) is 26.6 Å². The zero-order valence-corrected chi connectivity index (χ0v) is 13.6. The molecule has 120 valence electrons. The first-order chi connectivity index (χ1) is 9.85. The Morgan fingerprint density at radius 1 is 1.19 bits per heavy atom. The second kappa shape index (κ2) is 8.48. The lowest BCUT2D eigenvalue weighted by molar-refractivity contribution is -0.274. The van der Waals surface area contributed by atoms with Crippen LogP contribution in [0.3, 0.4) is 0 Å². The second-order valence-corrected chi connectivity index (χ2v) is 5.22. The van der Waals surface area contributed by atoms with Crippen LogP contribution < -0.4 is 9.47 Å². The third-order valence-electron chi connectivity index (χ3n) is 2.91. The first-order valence-corrected chi connectivity index (χ1v) is 7.55. The van der Waals surface area contributed by atoms with Crippen LogP contribution in [-0.4, -0.2) is 37.5 Å². The molecule has 0 spiro atoms. The Labute approximate surface area is 131 Å². The van der Waals surface area contributed by atoms with Gasteiger partial charge < -0.3 is 14.4 Å². The van der Waals surface area contributed by atoms with Gasteiger partial charge in [0.15, 0.2) is 0 Å². The van der Waals surface area contributed by atoms with Gasteiger partial charge in [0.25, 0.3) is 0 Å². The molecule has 0 aliphatic heterocycles. The largest absolute Gasteiger partial charge is 0.573 e. The van der Waals surface area contributed by atoms with Gasteiger partial charge in [-0.2, -0.15) is 0 Å². The topological polar surface area (TPSA) is 21.7 Å². The first-order valence-electron chi connectivity index (χ1n) is 6.76. The highest BCUT2D eigenvalue weighted by molar-refractivity contribution is 9.10. The van der Waals surface area contributed by atoms with Gasteiger partial charge in [0.05, 0.1) is 11.1 Å². The molecule has 7 heteroatoms. The van der Waals surface area contributed by atoms with E-state index < -0.39 is 6.36 Å². The number of ether oxygens (including phenoxy) is 2. The Morgan fingerprint density at radius 3 is 2.43 bits per heavy atom. The van der Waals surface area contributed by atoms with E-state index in [4.69, 9.17) is 4.74 Å². The molecule has 3 nitrogen and oxygen atoms in total. The minimum absolute atomic E-state index is 0.288. The van der Waals surface area contributed by atoms with E-state index in [0.29, 0.717) is 16.8 Å². The number of rotatable bonds is 8. The molecular weight excluding hydrogens is 351 g/mol. The molecule has 0 saturated heterocycles. The molecule has 21 heavy (non-hydrogen) atoms. The quantitative estimate of drug-likeness (QED) is 0.631. The number of hydrogen-bond acceptors (Lipinski definition) is 3. The summed E-state index contributed by atoms with van der Waals surface area (Å²) in [6.07, 6.45) is -3.90. The summed E-state index contributed by atoms with van der Waals surface area (Å²) in [6.45, 7) is 7.43. The van der Waals surface area contributed by atoms with Gasteiger partial charge in [0, 0.05) is 12.6 Å². The monoisotopic (exact) mass is 369 g/mol. The summed E-state index contributed by atoms with van der Waals surface area (Å²) < 4.78 is 46.5. The number of alkyl halides is 3. The summed E-state index contributed by atoms with van der Waals surface area (Å²) in [5.41, 5.74) is 0. The van der Waals surface area contributed by atoms with Crippen LogP contribution >= 0.6 is 15.9 Å².